The van der Waals surface area contributed by atoms with Gasteiger partial charge < -0.3 is 9.90 Å². The lowest BCUT2D eigenvalue weighted by Gasteiger charge is -2.12. The molecule has 0 aliphatic heterocycles. The Morgan fingerprint density at radius 1 is 1.67 bits per heavy atom. The fourth-order valence-electron chi connectivity index (χ4n) is 1.03. The first-order valence-electron chi connectivity index (χ1n) is 4.35. The predicted octanol–water partition coefficient (Wildman–Crippen LogP) is 1.93. The third kappa shape index (κ3) is 5.08. The van der Waals surface area contributed by atoms with Crippen molar-refractivity contribution in [2.45, 2.75) is 39.2 Å². The van der Waals surface area contributed by atoms with Crippen LogP contribution >= 0.6 is 0 Å². The fraction of sp³-hybridized carbons (Fsp3) is 0.700. The Labute approximate surface area is 74.3 Å². The van der Waals surface area contributed by atoms with Crippen molar-refractivity contribution in [1.82, 2.24) is 0 Å². The number of hydrogen-bond donors (Lipinski definition) is 1. The summed E-state index contributed by atoms with van der Waals surface area (Å²) in [6, 6.07) is 0. The van der Waals surface area contributed by atoms with Crippen LogP contribution < -0.4 is 0 Å². The van der Waals surface area contributed by atoms with Gasteiger partial charge in [0, 0.05) is 0 Å². The molecule has 2 nitrogen and oxygen atoms in total. The van der Waals surface area contributed by atoms with E-state index in [0.29, 0.717) is 6.29 Å². The standard InChI is InChI=1S/C10H18O2/c1-8(2)5-4-6-9(3)10(12)7-11/h7,9-10,12H,1,4-6H2,2-3H3/t9-,10+/m1/s1. The maximum absolute atomic E-state index is 10.2. The number of hydrogen-bond acceptors (Lipinski definition) is 2. The molecule has 0 amide bonds. The van der Waals surface area contributed by atoms with E-state index in [9.17, 15) is 4.79 Å². The highest BCUT2D eigenvalue weighted by atomic mass is 16.3. The number of allylic oxidation sites excluding steroid dienone is 1. The maximum atomic E-state index is 10.2. The van der Waals surface area contributed by atoms with Gasteiger partial charge in [-0.3, -0.25) is 0 Å². The lowest BCUT2D eigenvalue weighted by atomic mass is 9.98. The normalized spacial score (nSPS) is 15.2. The van der Waals surface area contributed by atoms with E-state index in [-0.39, 0.29) is 5.92 Å². The molecule has 0 saturated heterocycles. The lowest BCUT2D eigenvalue weighted by molar-refractivity contribution is -0.117. The molecule has 0 radical (unpaired) electrons. The SMILES string of the molecule is C=C(C)CCC[C@@H](C)[C@@H](O)C=O. The lowest BCUT2D eigenvalue weighted by Crippen LogP contribution is -2.18. The summed E-state index contributed by atoms with van der Waals surface area (Å²) in [5.74, 6) is 0.0712. The van der Waals surface area contributed by atoms with Crippen LogP contribution in [0.25, 0.3) is 0 Å². The zero-order chi connectivity index (χ0) is 9.56. The molecule has 70 valence electrons. The van der Waals surface area contributed by atoms with Gasteiger partial charge in [-0.25, -0.2) is 0 Å². The molecule has 0 spiro atoms. The molecule has 0 rings (SSSR count). The molecular weight excluding hydrogens is 152 g/mol. The van der Waals surface area contributed by atoms with Crippen molar-refractivity contribution in [3.05, 3.63) is 12.2 Å². The first-order chi connectivity index (χ1) is 5.57. The topological polar surface area (TPSA) is 37.3 Å². The molecule has 12 heavy (non-hydrogen) atoms. The maximum Gasteiger partial charge on any atom is 0.148 e. The summed E-state index contributed by atoms with van der Waals surface area (Å²) >= 11 is 0. The van der Waals surface area contributed by atoms with Crippen molar-refractivity contribution in [2.24, 2.45) is 5.92 Å². The van der Waals surface area contributed by atoms with Gasteiger partial charge >= 0.3 is 0 Å². The summed E-state index contributed by atoms with van der Waals surface area (Å²) < 4.78 is 0. The molecule has 2 heteroatoms. The largest absolute Gasteiger partial charge is 0.385 e. The predicted molar refractivity (Wildman–Crippen MR) is 49.9 cm³/mol. The zero-order valence-electron chi connectivity index (χ0n) is 7.92. The average Bonchev–Trinajstić information content (AvgIpc) is 2.02. The van der Waals surface area contributed by atoms with Crippen LogP contribution in [0.5, 0.6) is 0 Å². The molecule has 0 aromatic rings. The quantitative estimate of drug-likeness (QED) is 0.488. The summed E-state index contributed by atoms with van der Waals surface area (Å²) in [5.41, 5.74) is 1.16. The highest BCUT2D eigenvalue weighted by Crippen LogP contribution is 2.13. The van der Waals surface area contributed by atoms with E-state index in [1.54, 1.807) is 0 Å². The van der Waals surface area contributed by atoms with E-state index in [2.05, 4.69) is 6.58 Å². The monoisotopic (exact) mass is 170 g/mol. The number of carbonyl (C=O) groups excluding carboxylic acids is 1. The van der Waals surface area contributed by atoms with Crippen molar-refractivity contribution < 1.29 is 9.90 Å². The van der Waals surface area contributed by atoms with Crippen LogP contribution in [0, 0.1) is 5.92 Å². The molecule has 2 atom stereocenters. The Kier molecular flexibility index (Phi) is 5.64. The Bertz CT molecular complexity index is 152. The van der Waals surface area contributed by atoms with Gasteiger partial charge in [-0.15, -0.1) is 6.58 Å². The van der Waals surface area contributed by atoms with Crippen molar-refractivity contribution in [1.29, 1.82) is 0 Å². The van der Waals surface area contributed by atoms with Crippen LogP contribution in [0.4, 0.5) is 0 Å². The molecule has 0 aliphatic carbocycles. The van der Waals surface area contributed by atoms with Crippen molar-refractivity contribution in [3.8, 4) is 0 Å². The first-order valence-corrected chi connectivity index (χ1v) is 4.35. The molecule has 0 heterocycles. The van der Waals surface area contributed by atoms with Gasteiger partial charge in [0.2, 0.25) is 0 Å². The van der Waals surface area contributed by atoms with E-state index < -0.39 is 6.10 Å². The number of carbonyl (C=O) groups is 1. The molecular formula is C10H18O2. The van der Waals surface area contributed by atoms with Gasteiger partial charge in [0.25, 0.3) is 0 Å². The molecule has 0 aromatic heterocycles. The summed E-state index contributed by atoms with van der Waals surface area (Å²) in [4.78, 5) is 10.2. The number of aliphatic hydroxyl groups excluding tert-OH is 1. The van der Waals surface area contributed by atoms with E-state index >= 15 is 0 Å². The van der Waals surface area contributed by atoms with Crippen LogP contribution in [0.2, 0.25) is 0 Å². The van der Waals surface area contributed by atoms with E-state index in [1.807, 2.05) is 13.8 Å². The van der Waals surface area contributed by atoms with Crippen LogP contribution in [0.3, 0.4) is 0 Å². The Morgan fingerprint density at radius 3 is 2.67 bits per heavy atom. The van der Waals surface area contributed by atoms with Crippen molar-refractivity contribution in [3.63, 3.8) is 0 Å². The van der Waals surface area contributed by atoms with Crippen LogP contribution in [0.15, 0.2) is 12.2 Å². The van der Waals surface area contributed by atoms with Crippen molar-refractivity contribution >= 4 is 6.29 Å². The second kappa shape index (κ2) is 5.95. The van der Waals surface area contributed by atoms with E-state index in [0.717, 1.165) is 24.8 Å². The van der Waals surface area contributed by atoms with Crippen LogP contribution in [-0.2, 0) is 4.79 Å². The Morgan fingerprint density at radius 2 is 2.25 bits per heavy atom. The van der Waals surface area contributed by atoms with Crippen molar-refractivity contribution in [2.75, 3.05) is 0 Å². The highest BCUT2D eigenvalue weighted by molar-refractivity contribution is 5.55. The third-order valence-electron chi connectivity index (χ3n) is 1.99. The number of rotatable bonds is 6. The van der Waals surface area contributed by atoms with Crippen LogP contribution in [0.1, 0.15) is 33.1 Å². The minimum absolute atomic E-state index is 0.0712. The summed E-state index contributed by atoms with van der Waals surface area (Å²) in [6.45, 7) is 7.66. The fourth-order valence-corrected chi connectivity index (χ4v) is 1.03. The van der Waals surface area contributed by atoms with E-state index in [1.165, 1.54) is 0 Å². The van der Waals surface area contributed by atoms with Crippen LogP contribution in [-0.4, -0.2) is 17.5 Å². The molecule has 0 aliphatic rings. The number of aliphatic hydroxyl groups is 1. The average molecular weight is 170 g/mol. The molecule has 0 bridgehead atoms. The van der Waals surface area contributed by atoms with E-state index in [4.69, 9.17) is 5.11 Å². The smallest absolute Gasteiger partial charge is 0.148 e. The third-order valence-corrected chi connectivity index (χ3v) is 1.99. The highest BCUT2D eigenvalue weighted by Gasteiger charge is 2.11. The molecule has 1 N–H and O–H groups in total. The van der Waals surface area contributed by atoms with Gasteiger partial charge in [0.15, 0.2) is 0 Å². The molecule has 0 aromatic carbocycles. The second-order valence-corrected chi connectivity index (χ2v) is 3.45. The van der Waals surface area contributed by atoms with Gasteiger partial charge in [-0.05, 0) is 32.1 Å². The zero-order valence-corrected chi connectivity index (χ0v) is 7.92. The molecule has 0 saturated carbocycles. The van der Waals surface area contributed by atoms with Gasteiger partial charge in [0.1, 0.15) is 12.4 Å². The Balaban J connectivity index is 3.49. The Hall–Kier alpha value is -0.630. The van der Waals surface area contributed by atoms with Gasteiger partial charge in [-0.1, -0.05) is 12.5 Å². The first kappa shape index (κ1) is 11.4. The second-order valence-electron chi connectivity index (χ2n) is 3.45. The summed E-state index contributed by atoms with van der Waals surface area (Å²) in [7, 11) is 0. The summed E-state index contributed by atoms with van der Waals surface area (Å²) in [6.07, 6.45) is 2.67. The molecule has 0 unspecified atom stereocenters. The minimum Gasteiger partial charge on any atom is -0.385 e. The number of aldehydes is 1. The minimum atomic E-state index is -0.796. The van der Waals surface area contributed by atoms with Gasteiger partial charge in [0.05, 0.1) is 0 Å². The van der Waals surface area contributed by atoms with Gasteiger partial charge in [-0.2, -0.15) is 0 Å². The summed E-state index contributed by atoms with van der Waals surface area (Å²) in [5, 5.41) is 9.10. The molecule has 0 fully saturated rings.